The zero-order chi connectivity index (χ0) is 15.4. The maximum Gasteiger partial charge on any atom is 0.304 e. The number of rotatable bonds is 6. The van der Waals surface area contributed by atoms with E-state index in [0.717, 1.165) is 16.3 Å². The molecule has 5 heteroatoms. The van der Waals surface area contributed by atoms with Crippen molar-refractivity contribution in [1.29, 1.82) is 0 Å². The normalized spacial score (nSPS) is 11.0. The van der Waals surface area contributed by atoms with Crippen LogP contribution >= 0.6 is 11.3 Å². The summed E-state index contributed by atoms with van der Waals surface area (Å²) >= 11 is 1.62. The van der Waals surface area contributed by atoms with Gasteiger partial charge in [-0.15, -0.1) is 11.3 Å². The SMILES string of the molecule is Cc1ccc(-c2csc(CN(C)CCC(=O)O)n2)c(C)c1. The van der Waals surface area contributed by atoms with Gasteiger partial charge in [0.15, 0.2) is 0 Å². The third kappa shape index (κ3) is 4.37. The van der Waals surface area contributed by atoms with Crippen molar-refractivity contribution in [2.24, 2.45) is 0 Å². The lowest BCUT2D eigenvalue weighted by Gasteiger charge is -2.13. The van der Waals surface area contributed by atoms with Crippen LogP contribution in [-0.4, -0.2) is 34.6 Å². The molecule has 0 aliphatic rings. The van der Waals surface area contributed by atoms with Crippen molar-refractivity contribution >= 4 is 17.3 Å². The summed E-state index contributed by atoms with van der Waals surface area (Å²) in [7, 11) is 1.92. The molecule has 0 atom stereocenters. The first-order valence-electron chi connectivity index (χ1n) is 6.88. The lowest BCUT2D eigenvalue weighted by Crippen LogP contribution is -2.21. The smallest absolute Gasteiger partial charge is 0.304 e. The molecule has 1 aromatic carbocycles. The maximum absolute atomic E-state index is 10.6. The Morgan fingerprint density at radius 1 is 1.38 bits per heavy atom. The van der Waals surface area contributed by atoms with Gasteiger partial charge in [-0.2, -0.15) is 0 Å². The quantitative estimate of drug-likeness (QED) is 0.889. The number of nitrogens with zero attached hydrogens (tertiary/aromatic N) is 2. The molecule has 2 rings (SSSR count). The highest BCUT2D eigenvalue weighted by Gasteiger charge is 2.10. The number of carboxylic acid groups (broad SMARTS) is 1. The Balaban J connectivity index is 2.05. The van der Waals surface area contributed by atoms with Crippen molar-refractivity contribution < 1.29 is 9.90 Å². The molecule has 0 amide bonds. The molecule has 0 fully saturated rings. The molecular formula is C16H20N2O2S. The number of aliphatic carboxylic acids is 1. The van der Waals surface area contributed by atoms with Crippen LogP contribution in [0.3, 0.4) is 0 Å². The molecule has 21 heavy (non-hydrogen) atoms. The van der Waals surface area contributed by atoms with Gasteiger partial charge in [0.25, 0.3) is 0 Å². The molecule has 1 heterocycles. The Labute approximate surface area is 129 Å². The Morgan fingerprint density at radius 3 is 2.81 bits per heavy atom. The highest BCUT2D eigenvalue weighted by molar-refractivity contribution is 7.09. The molecule has 0 aliphatic carbocycles. The lowest BCUT2D eigenvalue weighted by molar-refractivity contribution is -0.137. The molecule has 2 aromatic rings. The highest BCUT2D eigenvalue weighted by atomic mass is 32.1. The lowest BCUT2D eigenvalue weighted by atomic mass is 10.0. The minimum absolute atomic E-state index is 0.159. The van der Waals surface area contributed by atoms with Gasteiger partial charge in [-0.05, 0) is 26.5 Å². The summed E-state index contributed by atoms with van der Waals surface area (Å²) in [6, 6.07) is 6.37. The van der Waals surface area contributed by atoms with E-state index in [4.69, 9.17) is 5.11 Å². The molecule has 0 saturated heterocycles. The first-order chi connectivity index (χ1) is 9.95. The van der Waals surface area contributed by atoms with Crippen LogP contribution in [-0.2, 0) is 11.3 Å². The minimum Gasteiger partial charge on any atom is -0.481 e. The van der Waals surface area contributed by atoms with Gasteiger partial charge in [0.05, 0.1) is 18.7 Å². The van der Waals surface area contributed by atoms with Gasteiger partial charge in [0.2, 0.25) is 0 Å². The number of hydrogen-bond donors (Lipinski definition) is 1. The van der Waals surface area contributed by atoms with E-state index in [1.54, 1.807) is 11.3 Å². The van der Waals surface area contributed by atoms with Crippen LogP contribution in [0.5, 0.6) is 0 Å². The first kappa shape index (κ1) is 15.7. The maximum atomic E-state index is 10.6. The van der Waals surface area contributed by atoms with Crippen molar-refractivity contribution in [3.05, 3.63) is 39.7 Å². The average Bonchev–Trinajstić information content (AvgIpc) is 2.84. The zero-order valence-corrected chi connectivity index (χ0v) is 13.4. The van der Waals surface area contributed by atoms with E-state index in [-0.39, 0.29) is 6.42 Å². The van der Waals surface area contributed by atoms with Crippen molar-refractivity contribution in [3.63, 3.8) is 0 Å². The summed E-state index contributed by atoms with van der Waals surface area (Å²) in [4.78, 5) is 17.2. The number of carboxylic acids is 1. The molecule has 1 aromatic heterocycles. The molecule has 0 spiro atoms. The summed E-state index contributed by atoms with van der Waals surface area (Å²) in [5, 5.41) is 11.8. The Hall–Kier alpha value is -1.72. The molecule has 0 aliphatic heterocycles. The van der Waals surface area contributed by atoms with E-state index in [9.17, 15) is 4.79 Å². The van der Waals surface area contributed by atoms with Gasteiger partial charge >= 0.3 is 5.97 Å². The Kier molecular flexibility index (Phi) is 5.09. The third-order valence-electron chi connectivity index (χ3n) is 3.32. The van der Waals surface area contributed by atoms with Crippen molar-refractivity contribution in [1.82, 2.24) is 9.88 Å². The van der Waals surface area contributed by atoms with Crippen LogP contribution in [0.25, 0.3) is 11.3 Å². The van der Waals surface area contributed by atoms with E-state index in [1.165, 1.54) is 11.1 Å². The predicted molar refractivity (Wildman–Crippen MR) is 85.6 cm³/mol. The van der Waals surface area contributed by atoms with Crippen LogP contribution in [0.4, 0.5) is 0 Å². The van der Waals surface area contributed by atoms with E-state index in [1.807, 2.05) is 11.9 Å². The van der Waals surface area contributed by atoms with Crippen molar-refractivity contribution in [2.75, 3.05) is 13.6 Å². The molecule has 0 radical (unpaired) electrons. The van der Waals surface area contributed by atoms with Gasteiger partial charge in [-0.1, -0.05) is 23.8 Å². The number of hydrogen-bond acceptors (Lipinski definition) is 4. The second-order valence-corrected chi connectivity index (χ2v) is 6.27. The van der Waals surface area contributed by atoms with E-state index >= 15 is 0 Å². The fraction of sp³-hybridized carbons (Fsp3) is 0.375. The monoisotopic (exact) mass is 304 g/mol. The van der Waals surface area contributed by atoms with Gasteiger partial charge in [0, 0.05) is 17.5 Å². The molecule has 0 saturated carbocycles. The van der Waals surface area contributed by atoms with Crippen LogP contribution in [0.15, 0.2) is 23.6 Å². The molecule has 112 valence electrons. The third-order valence-corrected chi connectivity index (χ3v) is 4.16. The topological polar surface area (TPSA) is 53.4 Å². The number of carbonyl (C=O) groups is 1. The predicted octanol–water partition coefficient (Wildman–Crippen LogP) is 3.33. The minimum atomic E-state index is -0.767. The van der Waals surface area contributed by atoms with Gasteiger partial charge in [-0.3, -0.25) is 9.69 Å². The second kappa shape index (κ2) is 6.83. The van der Waals surface area contributed by atoms with Gasteiger partial charge in [0.1, 0.15) is 5.01 Å². The average molecular weight is 304 g/mol. The van der Waals surface area contributed by atoms with Gasteiger partial charge < -0.3 is 5.11 Å². The number of thiazole rings is 1. The van der Waals surface area contributed by atoms with Crippen LogP contribution in [0.2, 0.25) is 0 Å². The molecule has 0 bridgehead atoms. The first-order valence-corrected chi connectivity index (χ1v) is 7.76. The van der Waals surface area contributed by atoms with E-state index in [0.29, 0.717) is 13.1 Å². The zero-order valence-electron chi connectivity index (χ0n) is 12.6. The van der Waals surface area contributed by atoms with Gasteiger partial charge in [-0.25, -0.2) is 4.98 Å². The molecule has 1 N–H and O–H groups in total. The summed E-state index contributed by atoms with van der Waals surface area (Å²) in [5.74, 6) is -0.767. The number of benzene rings is 1. The summed E-state index contributed by atoms with van der Waals surface area (Å²) < 4.78 is 0. The molecule has 4 nitrogen and oxygen atoms in total. The number of aromatic nitrogens is 1. The number of aryl methyl sites for hydroxylation is 2. The Bertz CT molecular complexity index is 637. The Morgan fingerprint density at radius 2 is 2.14 bits per heavy atom. The fourth-order valence-corrected chi connectivity index (χ4v) is 3.08. The molecule has 0 unspecified atom stereocenters. The fourth-order valence-electron chi connectivity index (χ4n) is 2.20. The van der Waals surface area contributed by atoms with Crippen molar-refractivity contribution in [2.45, 2.75) is 26.8 Å². The molecular weight excluding hydrogens is 284 g/mol. The largest absolute Gasteiger partial charge is 0.481 e. The van der Waals surface area contributed by atoms with E-state index < -0.39 is 5.97 Å². The van der Waals surface area contributed by atoms with E-state index in [2.05, 4.69) is 42.4 Å². The standard InChI is InChI=1S/C16H20N2O2S/c1-11-4-5-13(12(2)8-11)14-10-21-15(17-14)9-18(3)7-6-16(19)20/h4-5,8,10H,6-7,9H2,1-3H3,(H,19,20). The second-order valence-electron chi connectivity index (χ2n) is 5.33. The summed E-state index contributed by atoms with van der Waals surface area (Å²) in [6.07, 6.45) is 0.159. The van der Waals surface area contributed by atoms with Crippen LogP contribution in [0, 0.1) is 13.8 Å². The highest BCUT2D eigenvalue weighted by Crippen LogP contribution is 2.26. The van der Waals surface area contributed by atoms with Crippen LogP contribution < -0.4 is 0 Å². The summed E-state index contributed by atoms with van der Waals surface area (Å²) in [6.45, 7) is 5.40. The summed E-state index contributed by atoms with van der Waals surface area (Å²) in [5.41, 5.74) is 4.64. The van der Waals surface area contributed by atoms with Crippen molar-refractivity contribution in [3.8, 4) is 11.3 Å². The van der Waals surface area contributed by atoms with Crippen LogP contribution in [0.1, 0.15) is 22.6 Å².